The molecule has 0 atom stereocenters. The van der Waals surface area contributed by atoms with Gasteiger partial charge in [0.15, 0.2) is 5.76 Å². The minimum Gasteiger partial charge on any atom is -0.451 e. The second-order valence-corrected chi connectivity index (χ2v) is 9.92. The van der Waals surface area contributed by atoms with Crippen molar-refractivity contribution in [1.29, 1.82) is 0 Å². The van der Waals surface area contributed by atoms with Gasteiger partial charge in [0.1, 0.15) is 11.4 Å². The Morgan fingerprint density at radius 2 is 1.97 bits per heavy atom. The Bertz CT molecular complexity index is 1280. The van der Waals surface area contributed by atoms with E-state index in [2.05, 4.69) is 27.7 Å². The molecule has 1 aliphatic heterocycles. The number of halogens is 1. The third-order valence-electron chi connectivity index (χ3n) is 6.51. The van der Waals surface area contributed by atoms with E-state index in [-0.39, 0.29) is 17.5 Å². The van der Waals surface area contributed by atoms with Crippen LogP contribution in [-0.2, 0) is 18.6 Å². The van der Waals surface area contributed by atoms with Crippen molar-refractivity contribution in [1.82, 2.24) is 10.2 Å². The first-order valence-corrected chi connectivity index (χ1v) is 12.4. The Balaban J connectivity index is 1.21. The first-order chi connectivity index (χ1) is 16.5. The smallest absolute Gasteiger partial charge is 0.287 e. The molecule has 1 aliphatic rings. The molecule has 0 spiro atoms. The quantitative estimate of drug-likeness (QED) is 0.388. The van der Waals surface area contributed by atoms with Gasteiger partial charge in [-0.3, -0.25) is 9.69 Å². The number of piperidine rings is 1. The first kappa shape index (κ1) is 22.8. The number of likely N-dealkylation sites (tertiary alicyclic amines) is 1. The number of carbonyl (C=O) groups is 1. The average molecular weight is 479 g/mol. The zero-order valence-electron chi connectivity index (χ0n) is 18.8. The van der Waals surface area contributed by atoms with Crippen molar-refractivity contribution >= 4 is 28.2 Å². The number of nitrogens with one attached hydrogen (secondary N) is 1. The second-order valence-electron chi connectivity index (χ2n) is 8.89. The molecule has 1 amide bonds. The minimum atomic E-state index is -0.884. The first-order valence-electron chi connectivity index (χ1n) is 11.5. The van der Waals surface area contributed by atoms with Crippen molar-refractivity contribution in [2.45, 2.75) is 31.4 Å². The summed E-state index contributed by atoms with van der Waals surface area (Å²) in [5.74, 6) is -0.370. The fraction of sp³-hybridized carbons (Fsp3) is 0.296. The van der Waals surface area contributed by atoms with Crippen LogP contribution >= 0.6 is 11.3 Å². The summed E-state index contributed by atoms with van der Waals surface area (Å²) in [6.07, 6.45) is 1.86. The number of furan rings is 1. The zero-order chi connectivity index (χ0) is 23.5. The van der Waals surface area contributed by atoms with E-state index in [1.807, 2.05) is 24.3 Å². The van der Waals surface area contributed by atoms with E-state index in [0.717, 1.165) is 36.1 Å². The van der Waals surface area contributed by atoms with Crippen LogP contribution in [0.5, 0.6) is 0 Å². The Labute approximate surface area is 201 Å². The molecule has 0 saturated carbocycles. The maximum atomic E-state index is 13.3. The maximum absolute atomic E-state index is 13.3. The van der Waals surface area contributed by atoms with Crippen LogP contribution in [-0.4, -0.2) is 35.5 Å². The molecule has 1 saturated heterocycles. The number of hydrogen-bond acceptors (Lipinski definition) is 5. The number of rotatable bonds is 7. The summed E-state index contributed by atoms with van der Waals surface area (Å²) in [7, 11) is 0. The topological polar surface area (TPSA) is 65.7 Å². The molecule has 5 rings (SSSR count). The van der Waals surface area contributed by atoms with Gasteiger partial charge in [-0.15, -0.1) is 11.3 Å². The van der Waals surface area contributed by atoms with Gasteiger partial charge in [0, 0.05) is 36.4 Å². The monoisotopic (exact) mass is 478 g/mol. The van der Waals surface area contributed by atoms with Crippen molar-refractivity contribution in [2.24, 2.45) is 0 Å². The number of hydrogen-bond donors (Lipinski definition) is 2. The largest absolute Gasteiger partial charge is 0.451 e. The number of nitrogens with zero attached hydrogens (tertiary/aromatic N) is 1. The molecule has 176 valence electrons. The number of amides is 1. The van der Waals surface area contributed by atoms with E-state index < -0.39 is 5.60 Å². The van der Waals surface area contributed by atoms with E-state index in [4.69, 9.17) is 4.42 Å². The van der Waals surface area contributed by atoms with Crippen LogP contribution in [0.15, 0.2) is 70.5 Å². The summed E-state index contributed by atoms with van der Waals surface area (Å²) in [6.45, 7) is 2.96. The van der Waals surface area contributed by atoms with Gasteiger partial charge in [-0.2, -0.15) is 0 Å². The highest BCUT2D eigenvalue weighted by molar-refractivity contribution is 7.09. The van der Waals surface area contributed by atoms with Crippen LogP contribution in [0, 0.1) is 5.82 Å². The van der Waals surface area contributed by atoms with Crippen LogP contribution in [0.25, 0.3) is 11.0 Å². The van der Waals surface area contributed by atoms with Crippen LogP contribution in [0.3, 0.4) is 0 Å². The molecule has 0 bridgehead atoms. The lowest BCUT2D eigenvalue weighted by molar-refractivity contribution is -0.0274. The predicted molar refractivity (Wildman–Crippen MR) is 131 cm³/mol. The Morgan fingerprint density at radius 3 is 2.74 bits per heavy atom. The Hall–Kier alpha value is -3.00. The molecule has 2 aromatic heterocycles. The summed E-state index contributed by atoms with van der Waals surface area (Å²) >= 11 is 1.76. The summed E-state index contributed by atoms with van der Waals surface area (Å²) in [4.78, 5) is 16.3. The molecule has 2 N–H and O–H groups in total. The molecule has 3 heterocycles. The van der Waals surface area contributed by atoms with Gasteiger partial charge in [-0.1, -0.05) is 24.3 Å². The van der Waals surface area contributed by atoms with E-state index in [1.54, 1.807) is 23.5 Å². The Kier molecular flexibility index (Phi) is 6.50. The van der Waals surface area contributed by atoms with Gasteiger partial charge in [0.2, 0.25) is 0 Å². The highest BCUT2D eigenvalue weighted by Crippen LogP contribution is 2.35. The number of thiophene rings is 1. The molecule has 0 unspecified atom stereocenters. The van der Waals surface area contributed by atoms with Crippen molar-refractivity contribution < 1.29 is 18.7 Å². The highest BCUT2D eigenvalue weighted by Gasteiger charge is 2.34. The summed E-state index contributed by atoms with van der Waals surface area (Å²) in [6, 6.07) is 17.9. The molecule has 5 nitrogen and oxygen atoms in total. The van der Waals surface area contributed by atoms with E-state index in [9.17, 15) is 14.3 Å². The second kappa shape index (κ2) is 9.70. The minimum absolute atomic E-state index is 0.226. The molecule has 2 aromatic carbocycles. The fourth-order valence-electron chi connectivity index (χ4n) is 4.54. The molecule has 0 radical (unpaired) electrons. The molecule has 0 aliphatic carbocycles. The standard InChI is InChI=1S/C27H27FN2O3S/c28-22-4-1-3-19(15-22)8-11-29-26(31)25-17-20-16-21(6-7-24(20)33-25)27(32)9-12-30(13-10-27)18-23-5-2-14-34-23/h1-7,14-17,32H,8-13,18H2,(H,29,31). The van der Waals surface area contributed by atoms with E-state index in [0.29, 0.717) is 31.4 Å². The van der Waals surface area contributed by atoms with Gasteiger partial charge >= 0.3 is 0 Å². The van der Waals surface area contributed by atoms with Crippen molar-refractivity contribution in [3.05, 3.63) is 93.6 Å². The molecule has 4 aromatic rings. The third kappa shape index (κ3) is 5.06. The van der Waals surface area contributed by atoms with Crippen molar-refractivity contribution in [2.75, 3.05) is 19.6 Å². The molecule has 34 heavy (non-hydrogen) atoms. The van der Waals surface area contributed by atoms with Crippen LogP contribution < -0.4 is 5.32 Å². The number of aliphatic hydroxyl groups is 1. The summed E-state index contributed by atoms with van der Waals surface area (Å²) < 4.78 is 19.0. The summed E-state index contributed by atoms with van der Waals surface area (Å²) in [5, 5.41) is 17.1. The van der Waals surface area contributed by atoms with Gasteiger partial charge in [-0.25, -0.2) is 4.39 Å². The van der Waals surface area contributed by atoms with Crippen molar-refractivity contribution in [3.63, 3.8) is 0 Å². The number of fused-ring (bicyclic) bond motifs is 1. The van der Waals surface area contributed by atoms with Gasteiger partial charge in [0.25, 0.3) is 5.91 Å². The van der Waals surface area contributed by atoms with E-state index in [1.165, 1.54) is 17.0 Å². The molecular formula is C27H27FN2O3S. The fourth-order valence-corrected chi connectivity index (χ4v) is 5.28. The van der Waals surface area contributed by atoms with Crippen molar-refractivity contribution in [3.8, 4) is 0 Å². The van der Waals surface area contributed by atoms with Crippen LogP contribution in [0.4, 0.5) is 4.39 Å². The van der Waals surface area contributed by atoms with Crippen LogP contribution in [0.2, 0.25) is 0 Å². The summed E-state index contributed by atoms with van der Waals surface area (Å²) in [5.41, 5.74) is 1.40. The van der Waals surface area contributed by atoms with Gasteiger partial charge < -0.3 is 14.8 Å². The lowest BCUT2D eigenvalue weighted by Gasteiger charge is -2.38. The average Bonchev–Trinajstić information content (AvgIpc) is 3.50. The maximum Gasteiger partial charge on any atom is 0.287 e. The SMILES string of the molecule is O=C(NCCc1cccc(F)c1)c1cc2cc(C3(O)CCN(Cc4cccs4)CC3)ccc2o1. The lowest BCUT2D eigenvalue weighted by atomic mass is 9.84. The highest BCUT2D eigenvalue weighted by atomic mass is 32.1. The predicted octanol–water partition coefficient (Wildman–Crippen LogP) is 5.09. The molecular weight excluding hydrogens is 451 g/mol. The van der Waals surface area contributed by atoms with Crippen LogP contribution in [0.1, 0.15) is 39.4 Å². The lowest BCUT2D eigenvalue weighted by Crippen LogP contribution is -2.42. The zero-order valence-corrected chi connectivity index (χ0v) is 19.6. The normalized spacial score (nSPS) is 16.1. The molecule has 7 heteroatoms. The van der Waals surface area contributed by atoms with Gasteiger partial charge in [-0.05, 0) is 72.2 Å². The Morgan fingerprint density at radius 1 is 1.12 bits per heavy atom. The number of benzene rings is 2. The third-order valence-corrected chi connectivity index (χ3v) is 7.37. The van der Waals surface area contributed by atoms with Gasteiger partial charge in [0.05, 0.1) is 5.60 Å². The molecule has 1 fully saturated rings. The number of carbonyl (C=O) groups excluding carboxylic acids is 1. The van der Waals surface area contributed by atoms with E-state index >= 15 is 0 Å².